The summed E-state index contributed by atoms with van der Waals surface area (Å²) in [6.45, 7) is 5.04. The Hall–Kier alpha value is -0.570. The molecule has 1 fully saturated rings. The van der Waals surface area contributed by atoms with E-state index in [-0.39, 0.29) is 18.5 Å². The van der Waals surface area contributed by atoms with Crippen molar-refractivity contribution in [2.75, 3.05) is 26.7 Å². The highest BCUT2D eigenvalue weighted by Crippen LogP contribution is 2.23. The molecule has 1 aliphatic heterocycles. The minimum absolute atomic E-state index is 0. The van der Waals surface area contributed by atoms with Gasteiger partial charge in [0.15, 0.2) is 0 Å². The van der Waals surface area contributed by atoms with Gasteiger partial charge in [0.2, 0.25) is 0 Å². The van der Waals surface area contributed by atoms with Crippen LogP contribution in [0.2, 0.25) is 0 Å². The zero-order chi connectivity index (χ0) is 9.97. The molecule has 2 nitrogen and oxygen atoms in total. The van der Waals surface area contributed by atoms with Crippen molar-refractivity contribution in [2.45, 2.75) is 13.0 Å². The van der Waals surface area contributed by atoms with Gasteiger partial charge in [-0.2, -0.15) is 0 Å². The summed E-state index contributed by atoms with van der Waals surface area (Å²) in [6, 6.07) is 8.47. The minimum Gasteiger partial charge on any atom is -0.371 e. The lowest BCUT2D eigenvalue weighted by molar-refractivity contribution is -0.0211. The molecule has 1 aliphatic rings. The number of aryl methyl sites for hydroxylation is 1. The summed E-state index contributed by atoms with van der Waals surface area (Å²) < 4.78 is 5.77. The number of halogens is 1. The molecule has 1 aromatic carbocycles. The molecule has 3 heteroatoms. The Morgan fingerprint density at radius 1 is 1.33 bits per heavy atom. The number of nitrogens with zero attached hydrogens (tertiary/aromatic N) is 1. The third-order valence-electron chi connectivity index (χ3n) is 2.80. The highest BCUT2D eigenvalue weighted by Gasteiger charge is 2.20. The van der Waals surface area contributed by atoms with Crippen molar-refractivity contribution in [3.05, 3.63) is 35.4 Å². The molecule has 1 heterocycles. The van der Waals surface area contributed by atoms with Crippen molar-refractivity contribution < 1.29 is 4.74 Å². The van der Waals surface area contributed by atoms with Crippen LogP contribution in [-0.4, -0.2) is 31.6 Å². The van der Waals surface area contributed by atoms with Crippen LogP contribution in [0.3, 0.4) is 0 Å². The van der Waals surface area contributed by atoms with Crippen molar-refractivity contribution >= 4 is 12.4 Å². The van der Waals surface area contributed by atoms with Crippen molar-refractivity contribution in [1.29, 1.82) is 0 Å². The van der Waals surface area contributed by atoms with Crippen LogP contribution in [0.15, 0.2) is 24.3 Å². The van der Waals surface area contributed by atoms with E-state index < -0.39 is 0 Å². The number of morpholine rings is 1. The molecule has 0 amide bonds. The number of rotatable bonds is 1. The fourth-order valence-electron chi connectivity index (χ4n) is 1.91. The Bertz CT molecular complexity index is 316. The first-order valence-electron chi connectivity index (χ1n) is 5.13. The molecule has 15 heavy (non-hydrogen) atoms. The van der Waals surface area contributed by atoms with E-state index in [1.165, 1.54) is 11.1 Å². The fraction of sp³-hybridized carbons (Fsp3) is 0.500. The van der Waals surface area contributed by atoms with E-state index in [0.29, 0.717) is 0 Å². The largest absolute Gasteiger partial charge is 0.371 e. The third kappa shape index (κ3) is 2.94. The molecule has 1 saturated heterocycles. The van der Waals surface area contributed by atoms with Gasteiger partial charge in [-0.1, -0.05) is 24.3 Å². The van der Waals surface area contributed by atoms with Crippen LogP contribution in [0.4, 0.5) is 0 Å². The number of benzene rings is 1. The van der Waals surface area contributed by atoms with E-state index >= 15 is 0 Å². The maximum atomic E-state index is 5.77. The van der Waals surface area contributed by atoms with Gasteiger partial charge >= 0.3 is 0 Å². The van der Waals surface area contributed by atoms with Gasteiger partial charge in [0.1, 0.15) is 0 Å². The Morgan fingerprint density at radius 3 is 2.73 bits per heavy atom. The van der Waals surface area contributed by atoms with E-state index in [4.69, 9.17) is 4.74 Å². The summed E-state index contributed by atoms with van der Waals surface area (Å²) in [5.41, 5.74) is 2.66. The van der Waals surface area contributed by atoms with Crippen LogP contribution >= 0.6 is 12.4 Å². The van der Waals surface area contributed by atoms with E-state index in [1.807, 2.05) is 0 Å². The Balaban J connectivity index is 0.00000112. The molecule has 0 radical (unpaired) electrons. The first-order valence-corrected chi connectivity index (χ1v) is 5.13. The number of hydrogen-bond donors (Lipinski definition) is 0. The third-order valence-corrected chi connectivity index (χ3v) is 2.80. The molecule has 0 spiro atoms. The van der Waals surface area contributed by atoms with Gasteiger partial charge in [-0.25, -0.2) is 0 Å². The molecule has 0 aliphatic carbocycles. The van der Waals surface area contributed by atoms with Crippen LogP contribution in [0, 0.1) is 6.92 Å². The molecular weight excluding hydrogens is 210 g/mol. The van der Waals surface area contributed by atoms with Crippen molar-refractivity contribution in [2.24, 2.45) is 0 Å². The van der Waals surface area contributed by atoms with Crippen LogP contribution in [0.5, 0.6) is 0 Å². The highest BCUT2D eigenvalue weighted by molar-refractivity contribution is 5.85. The maximum Gasteiger partial charge on any atom is 0.0954 e. The smallest absolute Gasteiger partial charge is 0.0954 e. The molecule has 0 aromatic heterocycles. The quantitative estimate of drug-likeness (QED) is 0.731. The van der Waals surface area contributed by atoms with Gasteiger partial charge in [-0.05, 0) is 25.1 Å². The predicted molar refractivity (Wildman–Crippen MR) is 64.6 cm³/mol. The first-order chi connectivity index (χ1) is 6.77. The molecule has 2 rings (SSSR count). The normalized spacial score (nSPS) is 22.1. The minimum atomic E-state index is 0. The van der Waals surface area contributed by atoms with Gasteiger partial charge in [-0.15, -0.1) is 12.4 Å². The summed E-state index contributed by atoms with van der Waals surface area (Å²) in [7, 11) is 2.15. The van der Waals surface area contributed by atoms with Gasteiger partial charge in [0.25, 0.3) is 0 Å². The van der Waals surface area contributed by atoms with Crippen molar-refractivity contribution in [3.8, 4) is 0 Å². The average molecular weight is 228 g/mol. The average Bonchev–Trinajstić information content (AvgIpc) is 2.18. The highest BCUT2D eigenvalue weighted by atomic mass is 35.5. The van der Waals surface area contributed by atoms with Gasteiger partial charge in [-0.3, -0.25) is 0 Å². The molecule has 84 valence electrons. The summed E-state index contributed by atoms with van der Waals surface area (Å²) in [6.07, 6.45) is 0.259. The Labute approximate surface area is 97.6 Å². The SMILES string of the molecule is Cc1ccccc1C1CN(C)CCO1.Cl. The van der Waals surface area contributed by atoms with Crippen molar-refractivity contribution in [3.63, 3.8) is 0 Å². The second kappa shape index (κ2) is 5.50. The summed E-state index contributed by atoms with van der Waals surface area (Å²) >= 11 is 0. The van der Waals surface area contributed by atoms with E-state index in [0.717, 1.165) is 19.7 Å². The van der Waals surface area contributed by atoms with Gasteiger partial charge in [0.05, 0.1) is 12.7 Å². The van der Waals surface area contributed by atoms with Crippen LogP contribution in [-0.2, 0) is 4.74 Å². The van der Waals surface area contributed by atoms with Crippen molar-refractivity contribution in [1.82, 2.24) is 4.90 Å². The molecule has 0 N–H and O–H groups in total. The maximum absolute atomic E-state index is 5.77. The zero-order valence-corrected chi connectivity index (χ0v) is 10.1. The standard InChI is InChI=1S/C12H17NO.ClH/c1-10-5-3-4-6-11(10)12-9-13(2)7-8-14-12;/h3-6,12H,7-9H2,1-2H3;1H. The van der Waals surface area contributed by atoms with Crippen LogP contribution < -0.4 is 0 Å². The second-order valence-electron chi connectivity index (χ2n) is 3.98. The Morgan fingerprint density at radius 2 is 2.07 bits per heavy atom. The molecule has 1 atom stereocenters. The molecule has 0 bridgehead atoms. The Kier molecular flexibility index (Phi) is 4.58. The summed E-state index contributed by atoms with van der Waals surface area (Å²) in [5, 5.41) is 0. The monoisotopic (exact) mass is 227 g/mol. The predicted octanol–water partition coefficient (Wildman–Crippen LogP) is 2.42. The summed E-state index contributed by atoms with van der Waals surface area (Å²) in [5.74, 6) is 0. The number of hydrogen-bond acceptors (Lipinski definition) is 2. The van der Waals surface area contributed by atoms with Crippen LogP contribution in [0.25, 0.3) is 0 Å². The topological polar surface area (TPSA) is 12.5 Å². The number of ether oxygens (including phenoxy) is 1. The second-order valence-corrected chi connectivity index (χ2v) is 3.98. The van der Waals surface area contributed by atoms with E-state index in [1.54, 1.807) is 0 Å². The lowest BCUT2D eigenvalue weighted by Gasteiger charge is -2.31. The molecule has 1 unspecified atom stereocenters. The van der Waals surface area contributed by atoms with E-state index in [9.17, 15) is 0 Å². The molecule has 1 aromatic rings. The van der Waals surface area contributed by atoms with Crippen LogP contribution in [0.1, 0.15) is 17.2 Å². The molecular formula is C12H18ClNO. The summed E-state index contributed by atoms with van der Waals surface area (Å²) in [4.78, 5) is 2.32. The lowest BCUT2D eigenvalue weighted by Crippen LogP contribution is -2.35. The first kappa shape index (κ1) is 12.5. The van der Waals surface area contributed by atoms with Gasteiger partial charge < -0.3 is 9.64 Å². The fourth-order valence-corrected chi connectivity index (χ4v) is 1.91. The lowest BCUT2D eigenvalue weighted by atomic mass is 10.0. The zero-order valence-electron chi connectivity index (χ0n) is 9.27. The van der Waals surface area contributed by atoms with Gasteiger partial charge in [0, 0.05) is 13.1 Å². The molecule has 0 saturated carbocycles. The van der Waals surface area contributed by atoms with E-state index in [2.05, 4.69) is 43.1 Å². The number of likely N-dealkylation sites (N-methyl/N-ethyl adjacent to an activating group) is 1.